The molecule has 0 spiro atoms. The molecule has 0 aliphatic heterocycles. The summed E-state index contributed by atoms with van der Waals surface area (Å²) in [6.45, 7) is 6.88. The van der Waals surface area contributed by atoms with E-state index in [0.717, 1.165) is 31.0 Å². The van der Waals surface area contributed by atoms with Crippen molar-refractivity contribution < 1.29 is 0 Å². The van der Waals surface area contributed by atoms with Gasteiger partial charge in [-0.25, -0.2) is 0 Å². The molecule has 102 valence electrons. The van der Waals surface area contributed by atoms with Crippen LogP contribution in [0.15, 0.2) is 18.5 Å². The molecule has 1 aliphatic carbocycles. The van der Waals surface area contributed by atoms with Gasteiger partial charge in [0.2, 0.25) is 0 Å². The van der Waals surface area contributed by atoms with Gasteiger partial charge in [-0.3, -0.25) is 4.68 Å². The maximum Gasteiger partial charge on any atom is 0.0489 e. The Labute approximate surface area is 111 Å². The van der Waals surface area contributed by atoms with Crippen molar-refractivity contribution in [3.05, 3.63) is 18.5 Å². The zero-order chi connectivity index (χ0) is 12.8. The molecule has 0 radical (unpaired) electrons. The highest BCUT2D eigenvalue weighted by Gasteiger charge is 2.26. The van der Waals surface area contributed by atoms with Crippen LogP contribution in [-0.2, 0) is 6.54 Å². The van der Waals surface area contributed by atoms with Crippen LogP contribution in [-0.4, -0.2) is 22.4 Å². The second-order valence-electron chi connectivity index (χ2n) is 5.88. The molecule has 18 heavy (non-hydrogen) atoms. The van der Waals surface area contributed by atoms with E-state index < -0.39 is 0 Å². The third-order valence-electron chi connectivity index (χ3n) is 4.21. The van der Waals surface area contributed by atoms with Crippen molar-refractivity contribution in [3.8, 4) is 0 Å². The highest BCUT2D eigenvalue weighted by molar-refractivity contribution is 4.83. The van der Waals surface area contributed by atoms with Gasteiger partial charge in [0, 0.05) is 25.0 Å². The van der Waals surface area contributed by atoms with Gasteiger partial charge in [0.25, 0.3) is 0 Å². The van der Waals surface area contributed by atoms with Crippen LogP contribution in [0.5, 0.6) is 0 Å². The predicted octanol–water partition coefficient (Wildman–Crippen LogP) is 3.08. The van der Waals surface area contributed by atoms with Gasteiger partial charge in [-0.1, -0.05) is 26.7 Å². The van der Waals surface area contributed by atoms with Gasteiger partial charge in [-0.2, -0.15) is 5.10 Å². The lowest BCUT2D eigenvalue weighted by Crippen LogP contribution is -2.41. The quantitative estimate of drug-likeness (QED) is 0.785. The van der Waals surface area contributed by atoms with Gasteiger partial charge < -0.3 is 5.32 Å². The Morgan fingerprint density at radius 2 is 2.17 bits per heavy atom. The lowest BCUT2D eigenvalue weighted by Gasteiger charge is -2.35. The summed E-state index contributed by atoms with van der Waals surface area (Å²) in [5.74, 6) is 1.69. The van der Waals surface area contributed by atoms with Gasteiger partial charge in [-0.05, 0) is 43.7 Å². The number of nitrogens with zero attached hydrogens (tertiary/aromatic N) is 2. The molecule has 2 rings (SSSR count). The van der Waals surface area contributed by atoms with Crippen molar-refractivity contribution >= 4 is 0 Å². The molecule has 1 aliphatic rings. The first-order valence-electron chi connectivity index (χ1n) is 7.48. The molecular formula is C15H27N3. The lowest BCUT2D eigenvalue weighted by molar-refractivity contribution is 0.205. The highest BCUT2D eigenvalue weighted by Crippen LogP contribution is 2.30. The smallest absolute Gasteiger partial charge is 0.0489 e. The molecular weight excluding hydrogens is 222 g/mol. The molecule has 1 heterocycles. The van der Waals surface area contributed by atoms with Crippen LogP contribution in [0.3, 0.4) is 0 Å². The van der Waals surface area contributed by atoms with Crippen molar-refractivity contribution in [2.24, 2.45) is 11.8 Å². The Morgan fingerprint density at radius 3 is 2.89 bits per heavy atom. The molecule has 3 heteroatoms. The Kier molecular flexibility index (Phi) is 5.24. The number of aromatic nitrogens is 2. The minimum atomic E-state index is 0.747. The molecule has 0 saturated heterocycles. The molecule has 2 unspecified atom stereocenters. The maximum atomic E-state index is 4.23. The molecule has 3 nitrogen and oxygen atoms in total. The summed E-state index contributed by atoms with van der Waals surface area (Å²) < 4.78 is 2.02. The molecule has 1 N–H and O–H groups in total. The summed E-state index contributed by atoms with van der Waals surface area (Å²) in [4.78, 5) is 0. The van der Waals surface area contributed by atoms with Crippen molar-refractivity contribution in [1.82, 2.24) is 15.1 Å². The van der Waals surface area contributed by atoms with E-state index in [0.29, 0.717) is 0 Å². The molecule has 2 atom stereocenters. The van der Waals surface area contributed by atoms with E-state index in [1.807, 2.05) is 23.1 Å². The van der Waals surface area contributed by atoms with E-state index in [2.05, 4.69) is 24.3 Å². The SMILES string of the molecule is CC(C)C1CCCCC1NCCCn1cccn1. The average molecular weight is 249 g/mol. The highest BCUT2D eigenvalue weighted by atomic mass is 15.3. The molecule has 0 bridgehead atoms. The Morgan fingerprint density at radius 1 is 1.33 bits per heavy atom. The van der Waals surface area contributed by atoms with Crippen LogP contribution in [0.1, 0.15) is 46.0 Å². The Hall–Kier alpha value is -0.830. The lowest BCUT2D eigenvalue weighted by atomic mass is 9.78. The summed E-state index contributed by atoms with van der Waals surface area (Å²) in [7, 11) is 0. The van der Waals surface area contributed by atoms with E-state index in [4.69, 9.17) is 0 Å². The van der Waals surface area contributed by atoms with E-state index >= 15 is 0 Å². The summed E-state index contributed by atoms with van der Waals surface area (Å²) in [5, 5.41) is 8.01. The first-order valence-corrected chi connectivity index (χ1v) is 7.48. The third kappa shape index (κ3) is 3.84. The molecule has 0 amide bonds. The second-order valence-corrected chi connectivity index (χ2v) is 5.88. The van der Waals surface area contributed by atoms with Gasteiger partial charge in [0.05, 0.1) is 0 Å². The van der Waals surface area contributed by atoms with E-state index in [1.165, 1.54) is 32.1 Å². The minimum absolute atomic E-state index is 0.747. The summed E-state index contributed by atoms with van der Waals surface area (Å²) in [5.41, 5.74) is 0. The van der Waals surface area contributed by atoms with Gasteiger partial charge >= 0.3 is 0 Å². The molecule has 0 aromatic carbocycles. The van der Waals surface area contributed by atoms with Crippen molar-refractivity contribution in [2.45, 2.75) is 58.5 Å². The second kappa shape index (κ2) is 6.93. The monoisotopic (exact) mass is 249 g/mol. The average Bonchev–Trinajstić information content (AvgIpc) is 2.88. The van der Waals surface area contributed by atoms with Crippen molar-refractivity contribution in [1.29, 1.82) is 0 Å². The predicted molar refractivity (Wildman–Crippen MR) is 75.4 cm³/mol. The van der Waals surface area contributed by atoms with E-state index in [1.54, 1.807) is 0 Å². The molecule has 1 aromatic heterocycles. The summed E-state index contributed by atoms with van der Waals surface area (Å²) in [6, 6.07) is 2.74. The van der Waals surface area contributed by atoms with E-state index in [-0.39, 0.29) is 0 Å². The fourth-order valence-electron chi connectivity index (χ4n) is 3.17. The van der Waals surface area contributed by atoms with E-state index in [9.17, 15) is 0 Å². The first kappa shape index (κ1) is 13.6. The summed E-state index contributed by atoms with van der Waals surface area (Å²) in [6.07, 6.45) is 10.7. The topological polar surface area (TPSA) is 29.9 Å². The van der Waals surface area contributed by atoms with Crippen molar-refractivity contribution in [3.63, 3.8) is 0 Å². The fourth-order valence-corrected chi connectivity index (χ4v) is 3.17. The number of hydrogen-bond acceptors (Lipinski definition) is 2. The molecule has 1 saturated carbocycles. The van der Waals surface area contributed by atoms with Crippen molar-refractivity contribution in [2.75, 3.05) is 6.54 Å². The number of rotatable bonds is 6. The van der Waals surface area contributed by atoms with Crippen LogP contribution in [0.4, 0.5) is 0 Å². The Balaban J connectivity index is 1.68. The van der Waals surface area contributed by atoms with Gasteiger partial charge in [0.15, 0.2) is 0 Å². The van der Waals surface area contributed by atoms with Crippen LogP contribution in [0, 0.1) is 11.8 Å². The fraction of sp³-hybridized carbons (Fsp3) is 0.800. The number of aryl methyl sites for hydroxylation is 1. The van der Waals surface area contributed by atoms with Crippen LogP contribution in [0.25, 0.3) is 0 Å². The standard InChI is InChI=1S/C15H27N3/c1-13(2)14-7-3-4-8-15(14)16-9-5-11-18-12-6-10-17-18/h6,10,12-16H,3-5,7-9,11H2,1-2H3. The molecule has 1 aromatic rings. The van der Waals surface area contributed by atoms with Crippen LogP contribution in [0.2, 0.25) is 0 Å². The number of hydrogen-bond donors (Lipinski definition) is 1. The third-order valence-corrected chi connectivity index (χ3v) is 4.21. The zero-order valence-electron chi connectivity index (χ0n) is 11.8. The normalized spacial score (nSPS) is 24.6. The number of nitrogens with one attached hydrogen (secondary N) is 1. The molecule has 1 fully saturated rings. The van der Waals surface area contributed by atoms with Crippen LogP contribution >= 0.6 is 0 Å². The largest absolute Gasteiger partial charge is 0.314 e. The summed E-state index contributed by atoms with van der Waals surface area (Å²) >= 11 is 0. The first-order chi connectivity index (χ1) is 8.77. The minimum Gasteiger partial charge on any atom is -0.314 e. The Bertz CT molecular complexity index is 318. The van der Waals surface area contributed by atoms with Gasteiger partial charge in [0.1, 0.15) is 0 Å². The maximum absolute atomic E-state index is 4.23. The van der Waals surface area contributed by atoms with Gasteiger partial charge in [-0.15, -0.1) is 0 Å². The zero-order valence-corrected chi connectivity index (χ0v) is 11.8. The van der Waals surface area contributed by atoms with Crippen LogP contribution < -0.4 is 5.32 Å².